The molecule has 2 heterocycles. The van der Waals surface area contributed by atoms with E-state index in [1.54, 1.807) is 11.3 Å². The molecule has 1 fully saturated rings. The molecule has 112 valence electrons. The highest BCUT2D eigenvalue weighted by Crippen LogP contribution is 2.16. The molecule has 1 aromatic heterocycles. The van der Waals surface area contributed by atoms with E-state index in [1.807, 2.05) is 18.0 Å². The second-order valence-electron chi connectivity index (χ2n) is 5.11. The molecule has 2 amide bonds. The Labute approximate surface area is 125 Å². The number of carbonyl (C=O) groups is 1. The van der Waals surface area contributed by atoms with Gasteiger partial charge < -0.3 is 10.2 Å². The molecule has 0 aromatic carbocycles. The summed E-state index contributed by atoms with van der Waals surface area (Å²) < 4.78 is 0. The molecule has 6 heteroatoms. The lowest BCUT2D eigenvalue weighted by Crippen LogP contribution is -2.42. The summed E-state index contributed by atoms with van der Waals surface area (Å²) in [5.74, 6) is 0. The molecule has 5 nitrogen and oxygen atoms in total. The number of rotatable bonds is 5. The molecule has 1 saturated heterocycles. The maximum atomic E-state index is 12.2. The minimum atomic E-state index is 0.0470. The van der Waals surface area contributed by atoms with Gasteiger partial charge in [-0.15, -0.1) is 11.3 Å². The molecule has 1 aromatic rings. The van der Waals surface area contributed by atoms with Crippen molar-refractivity contribution in [3.8, 4) is 0 Å². The fraction of sp³-hybridized carbons (Fsp3) is 0.714. The second kappa shape index (κ2) is 7.04. The lowest BCUT2D eigenvalue weighted by Gasteiger charge is -2.26. The quantitative estimate of drug-likeness (QED) is 0.905. The Kier molecular flexibility index (Phi) is 5.37. The molecule has 2 rings (SSSR count). The van der Waals surface area contributed by atoms with Crippen LogP contribution in [0.3, 0.4) is 0 Å². The van der Waals surface area contributed by atoms with E-state index in [2.05, 4.69) is 29.0 Å². The molecule has 1 aliphatic rings. The van der Waals surface area contributed by atoms with Crippen LogP contribution in [-0.2, 0) is 6.54 Å². The monoisotopic (exact) mass is 296 g/mol. The van der Waals surface area contributed by atoms with E-state index in [9.17, 15) is 4.79 Å². The number of aromatic nitrogens is 1. The number of urea groups is 1. The molecular weight excluding hydrogens is 272 g/mol. The van der Waals surface area contributed by atoms with E-state index in [0.717, 1.165) is 42.5 Å². The van der Waals surface area contributed by atoms with Gasteiger partial charge in [-0.2, -0.15) is 0 Å². The van der Waals surface area contributed by atoms with Crippen molar-refractivity contribution in [3.63, 3.8) is 0 Å². The normalized spacial score (nSPS) is 18.8. The third-order valence-corrected chi connectivity index (χ3v) is 4.78. The van der Waals surface area contributed by atoms with Crippen molar-refractivity contribution in [1.82, 2.24) is 20.1 Å². The summed E-state index contributed by atoms with van der Waals surface area (Å²) in [6, 6.07) is 0.562. The van der Waals surface area contributed by atoms with Crippen LogP contribution in [0.1, 0.15) is 30.2 Å². The van der Waals surface area contributed by atoms with Crippen LogP contribution in [0.5, 0.6) is 0 Å². The highest BCUT2D eigenvalue weighted by Gasteiger charge is 2.28. The molecule has 0 saturated carbocycles. The molecule has 1 aliphatic heterocycles. The Balaban J connectivity index is 1.79. The van der Waals surface area contributed by atoms with E-state index in [-0.39, 0.29) is 6.03 Å². The zero-order valence-electron chi connectivity index (χ0n) is 12.6. The number of likely N-dealkylation sites (N-methyl/N-ethyl adjacent to an activating group) is 1. The summed E-state index contributed by atoms with van der Waals surface area (Å²) in [5.41, 5.74) is 0. The molecule has 0 unspecified atom stereocenters. The molecule has 1 N–H and O–H groups in total. The van der Waals surface area contributed by atoms with Crippen molar-refractivity contribution >= 4 is 17.4 Å². The van der Waals surface area contributed by atoms with Crippen LogP contribution in [0.2, 0.25) is 0 Å². The van der Waals surface area contributed by atoms with E-state index < -0.39 is 0 Å². The maximum absolute atomic E-state index is 12.2. The summed E-state index contributed by atoms with van der Waals surface area (Å²) in [6.45, 7) is 10.7. The van der Waals surface area contributed by atoms with Gasteiger partial charge in [0.25, 0.3) is 0 Å². The van der Waals surface area contributed by atoms with Gasteiger partial charge >= 0.3 is 6.03 Å². The average molecular weight is 296 g/mol. The molecule has 1 atom stereocenters. The summed E-state index contributed by atoms with van der Waals surface area (Å²) >= 11 is 1.63. The first kappa shape index (κ1) is 15.3. The molecule has 0 bridgehead atoms. The molecular formula is C14H24N4OS. The van der Waals surface area contributed by atoms with Crippen LogP contribution < -0.4 is 5.32 Å². The standard InChI is InChI=1S/C14H24N4OS/c1-4-17(5-2)12-6-7-18(10-12)14(19)16-9-13-8-15-11(3)20-13/h8,12H,4-7,9-10H2,1-3H3,(H,16,19)/t12-/m0/s1. The van der Waals surface area contributed by atoms with E-state index in [4.69, 9.17) is 0 Å². The van der Waals surface area contributed by atoms with E-state index in [0.29, 0.717) is 12.6 Å². The van der Waals surface area contributed by atoms with E-state index in [1.165, 1.54) is 0 Å². The topological polar surface area (TPSA) is 48.5 Å². The lowest BCUT2D eigenvalue weighted by atomic mass is 10.2. The number of hydrogen-bond donors (Lipinski definition) is 1. The zero-order valence-corrected chi connectivity index (χ0v) is 13.4. The Bertz CT molecular complexity index is 444. The van der Waals surface area contributed by atoms with Gasteiger partial charge in [-0.3, -0.25) is 4.90 Å². The summed E-state index contributed by atoms with van der Waals surface area (Å²) in [7, 11) is 0. The summed E-state index contributed by atoms with van der Waals surface area (Å²) in [4.78, 5) is 21.8. The highest BCUT2D eigenvalue weighted by molar-refractivity contribution is 7.11. The van der Waals surface area contributed by atoms with Crippen LogP contribution in [0, 0.1) is 6.92 Å². The number of thiazole rings is 1. The molecule has 0 spiro atoms. The van der Waals surface area contributed by atoms with Crippen LogP contribution >= 0.6 is 11.3 Å². The number of nitrogens with zero attached hydrogens (tertiary/aromatic N) is 3. The van der Waals surface area contributed by atoms with Crippen molar-refractivity contribution in [2.24, 2.45) is 0 Å². The Hall–Kier alpha value is -1.14. The third kappa shape index (κ3) is 3.70. The SMILES string of the molecule is CCN(CC)[C@H]1CCN(C(=O)NCc2cnc(C)s2)C1. The van der Waals surface area contributed by atoms with Crippen LogP contribution in [0.25, 0.3) is 0 Å². The molecule has 0 aliphatic carbocycles. The van der Waals surface area contributed by atoms with Crippen molar-refractivity contribution in [3.05, 3.63) is 16.1 Å². The van der Waals surface area contributed by atoms with Gasteiger partial charge in [-0.05, 0) is 26.4 Å². The highest BCUT2D eigenvalue weighted by atomic mass is 32.1. The van der Waals surface area contributed by atoms with Gasteiger partial charge in [0.1, 0.15) is 0 Å². The minimum Gasteiger partial charge on any atom is -0.333 e. The smallest absolute Gasteiger partial charge is 0.317 e. The molecule has 0 radical (unpaired) electrons. The second-order valence-corrected chi connectivity index (χ2v) is 6.43. The van der Waals surface area contributed by atoms with Gasteiger partial charge in [-0.1, -0.05) is 13.8 Å². The van der Waals surface area contributed by atoms with Crippen molar-refractivity contribution in [1.29, 1.82) is 0 Å². The van der Waals surface area contributed by atoms with Crippen LogP contribution in [0.15, 0.2) is 6.20 Å². The third-order valence-electron chi connectivity index (χ3n) is 3.86. The van der Waals surface area contributed by atoms with Crippen LogP contribution in [0.4, 0.5) is 4.79 Å². The number of amides is 2. The zero-order chi connectivity index (χ0) is 14.5. The number of likely N-dealkylation sites (tertiary alicyclic amines) is 1. The van der Waals surface area contributed by atoms with Crippen LogP contribution in [-0.4, -0.2) is 53.0 Å². The Morgan fingerprint density at radius 1 is 1.55 bits per heavy atom. The van der Waals surface area contributed by atoms with Crippen molar-refractivity contribution in [2.75, 3.05) is 26.2 Å². The van der Waals surface area contributed by atoms with Gasteiger partial charge in [-0.25, -0.2) is 9.78 Å². The number of nitrogens with one attached hydrogen (secondary N) is 1. The first-order chi connectivity index (χ1) is 9.63. The molecule has 20 heavy (non-hydrogen) atoms. The van der Waals surface area contributed by atoms with Gasteiger partial charge in [0.05, 0.1) is 11.6 Å². The van der Waals surface area contributed by atoms with Gasteiger partial charge in [0.15, 0.2) is 0 Å². The number of hydrogen-bond acceptors (Lipinski definition) is 4. The first-order valence-electron chi connectivity index (χ1n) is 7.32. The van der Waals surface area contributed by atoms with E-state index >= 15 is 0 Å². The predicted octanol–water partition coefficient (Wildman–Crippen LogP) is 2.08. The Morgan fingerprint density at radius 2 is 2.30 bits per heavy atom. The maximum Gasteiger partial charge on any atom is 0.317 e. The summed E-state index contributed by atoms with van der Waals surface area (Å²) in [5, 5.41) is 4.03. The lowest BCUT2D eigenvalue weighted by molar-refractivity contribution is 0.192. The van der Waals surface area contributed by atoms with Gasteiger partial charge in [0.2, 0.25) is 0 Å². The van der Waals surface area contributed by atoms with Crippen molar-refractivity contribution < 1.29 is 4.79 Å². The fourth-order valence-electron chi connectivity index (χ4n) is 2.73. The van der Waals surface area contributed by atoms with Crippen molar-refractivity contribution in [2.45, 2.75) is 39.8 Å². The first-order valence-corrected chi connectivity index (χ1v) is 8.13. The summed E-state index contributed by atoms with van der Waals surface area (Å²) in [6.07, 6.45) is 2.91. The minimum absolute atomic E-state index is 0.0470. The predicted molar refractivity (Wildman–Crippen MR) is 82.0 cm³/mol. The Morgan fingerprint density at radius 3 is 2.90 bits per heavy atom. The van der Waals surface area contributed by atoms with Gasteiger partial charge in [0, 0.05) is 30.2 Å². The fourth-order valence-corrected chi connectivity index (χ4v) is 3.46. The number of aryl methyl sites for hydroxylation is 1. The number of carbonyl (C=O) groups excluding carboxylic acids is 1. The largest absolute Gasteiger partial charge is 0.333 e. The average Bonchev–Trinajstić information content (AvgIpc) is 3.07.